The van der Waals surface area contributed by atoms with Crippen LogP contribution < -0.4 is 0 Å². The van der Waals surface area contributed by atoms with Crippen LogP contribution in [0, 0.1) is 0 Å². The summed E-state index contributed by atoms with van der Waals surface area (Å²) in [4.78, 5) is 11.5. The van der Waals surface area contributed by atoms with E-state index in [2.05, 4.69) is 15.9 Å². The van der Waals surface area contributed by atoms with Gasteiger partial charge in [-0.05, 0) is 27.4 Å². The first-order chi connectivity index (χ1) is 5.61. The molecular formula is C8H9BrO2S. The third kappa shape index (κ3) is 2.32. The Morgan fingerprint density at radius 1 is 1.83 bits per heavy atom. The standard InChI is InChI=1S/C8H9BrO2S/c1-5(4-7(10)11)8-6(9)2-3-12-8/h2-3,5H,4H2,1H3,(H,10,11). The van der Waals surface area contributed by atoms with Gasteiger partial charge in [0.2, 0.25) is 0 Å². The number of halogens is 1. The predicted molar refractivity (Wildman–Crippen MR) is 52.7 cm³/mol. The highest BCUT2D eigenvalue weighted by molar-refractivity contribution is 9.10. The maximum atomic E-state index is 10.4. The maximum Gasteiger partial charge on any atom is 0.303 e. The minimum absolute atomic E-state index is 0.0943. The normalized spacial score (nSPS) is 12.8. The lowest BCUT2D eigenvalue weighted by atomic mass is 10.1. The minimum Gasteiger partial charge on any atom is -0.481 e. The molecule has 0 bridgehead atoms. The molecule has 4 heteroatoms. The number of thiophene rings is 1. The maximum absolute atomic E-state index is 10.4. The molecule has 1 aromatic rings. The number of carbonyl (C=O) groups is 1. The summed E-state index contributed by atoms with van der Waals surface area (Å²) in [6.45, 7) is 1.92. The van der Waals surface area contributed by atoms with Crippen molar-refractivity contribution in [3.63, 3.8) is 0 Å². The van der Waals surface area contributed by atoms with Gasteiger partial charge in [-0.2, -0.15) is 0 Å². The topological polar surface area (TPSA) is 37.3 Å². The van der Waals surface area contributed by atoms with E-state index in [9.17, 15) is 4.79 Å². The zero-order valence-corrected chi connectivity index (χ0v) is 8.98. The van der Waals surface area contributed by atoms with Crippen molar-refractivity contribution in [3.05, 3.63) is 20.8 Å². The average molecular weight is 249 g/mol. The summed E-state index contributed by atoms with van der Waals surface area (Å²) in [5, 5.41) is 10.5. The van der Waals surface area contributed by atoms with Gasteiger partial charge in [0.1, 0.15) is 0 Å². The molecule has 1 unspecified atom stereocenters. The van der Waals surface area contributed by atoms with Crippen LogP contribution >= 0.6 is 27.3 Å². The first-order valence-corrected chi connectivity index (χ1v) is 5.23. The highest BCUT2D eigenvalue weighted by Crippen LogP contribution is 2.31. The van der Waals surface area contributed by atoms with E-state index in [1.165, 1.54) is 0 Å². The van der Waals surface area contributed by atoms with Gasteiger partial charge in [0.15, 0.2) is 0 Å². The fourth-order valence-electron chi connectivity index (χ4n) is 1.01. The quantitative estimate of drug-likeness (QED) is 0.893. The van der Waals surface area contributed by atoms with E-state index in [0.717, 1.165) is 9.35 Å². The largest absolute Gasteiger partial charge is 0.481 e. The van der Waals surface area contributed by atoms with E-state index in [4.69, 9.17) is 5.11 Å². The van der Waals surface area contributed by atoms with E-state index in [1.807, 2.05) is 18.4 Å². The van der Waals surface area contributed by atoms with E-state index in [-0.39, 0.29) is 12.3 Å². The second-order valence-corrected chi connectivity index (χ2v) is 4.43. The van der Waals surface area contributed by atoms with Crippen LogP contribution in [0.3, 0.4) is 0 Å². The highest BCUT2D eigenvalue weighted by atomic mass is 79.9. The van der Waals surface area contributed by atoms with Crippen LogP contribution in [0.25, 0.3) is 0 Å². The molecule has 0 aliphatic rings. The van der Waals surface area contributed by atoms with Crippen LogP contribution in [0.4, 0.5) is 0 Å². The molecule has 0 saturated carbocycles. The van der Waals surface area contributed by atoms with Crippen LogP contribution in [0.1, 0.15) is 24.1 Å². The first-order valence-electron chi connectivity index (χ1n) is 3.56. The van der Waals surface area contributed by atoms with Gasteiger partial charge in [-0.1, -0.05) is 6.92 Å². The zero-order valence-electron chi connectivity index (χ0n) is 6.58. The van der Waals surface area contributed by atoms with Crippen LogP contribution in [0.15, 0.2) is 15.9 Å². The Bertz CT molecular complexity index is 282. The third-order valence-electron chi connectivity index (χ3n) is 1.57. The Labute approximate surface area is 83.4 Å². The van der Waals surface area contributed by atoms with E-state index >= 15 is 0 Å². The molecule has 0 amide bonds. The Hall–Kier alpha value is -0.350. The molecular weight excluding hydrogens is 240 g/mol. The summed E-state index contributed by atoms with van der Waals surface area (Å²) in [7, 11) is 0. The van der Waals surface area contributed by atoms with Gasteiger partial charge in [0.25, 0.3) is 0 Å². The number of hydrogen-bond acceptors (Lipinski definition) is 2. The Morgan fingerprint density at radius 3 is 2.92 bits per heavy atom. The molecule has 66 valence electrons. The van der Waals surface area contributed by atoms with Crippen molar-refractivity contribution in [2.45, 2.75) is 19.3 Å². The molecule has 0 spiro atoms. The monoisotopic (exact) mass is 248 g/mol. The molecule has 0 saturated heterocycles. The molecule has 0 aromatic carbocycles. The average Bonchev–Trinajstić information content (AvgIpc) is 2.33. The molecule has 1 N–H and O–H groups in total. The molecule has 0 fully saturated rings. The minimum atomic E-state index is -0.747. The van der Waals surface area contributed by atoms with Crippen LogP contribution in [0.2, 0.25) is 0 Å². The number of rotatable bonds is 3. The summed E-state index contributed by atoms with van der Waals surface area (Å²) in [6, 6.07) is 1.94. The summed E-state index contributed by atoms with van der Waals surface area (Å²) in [5.41, 5.74) is 0. The number of aliphatic carboxylic acids is 1. The molecule has 0 aliphatic carbocycles. The van der Waals surface area contributed by atoms with Crippen molar-refractivity contribution in [2.75, 3.05) is 0 Å². The Balaban J connectivity index is 2.71. The van der Waals surface area contributed by atoms with Crippen LogP contribution in [-0.2, 0) is 4.79 Å². The van der Waals surface area contributed by atoms with Gasteiger partial charge in [-0.25, -0.2) is 0 Å². The molecule has 0 aliphatic heterocycles. The lowest BCUT2D eigenvalue weighted by Crippen LogP contribution is -2.01. The van der Waals surface area contributed by atoms with Gasteiger partial charge >= 0.3 is 5.97 Å². The molecule has 1 heterocycles. The van der Waals surface area contributed by atoms with E-state index in [0.29, 0.717) is 0 Å². The van der Waals surface area contributed by atoms with Gasteiger partial charge in [0.05, 0.1) is 6.42 Å². The van der Waals surface area contributed by atoms with Gasteiger partial charge < -0.3 is 5.11 Å². The predicted octanol–water partition coefficient (Wildman–Crippen LogP) is 3.09. The Morgan fingerprint density at radius 2 is 2.50 bits per heavy atom. The van der Waals surface area contributed by atoms with Crippen LogP contribution in [0.5, 0.6) is 0 Å². The molecule has 12 heavy (non-hydrogen) atoms. The second-order valence-electron chi connectivity index (χ2n) is 2.63. The zero-order chi connectivity index (χ0) is 9.14. The van der Waals surface area contributed by atoms with Crippen molar-refractivity contribution in [3.8, 4) is 0 Å². The van der Waals surface area contributed by atoms with E-state index in [1.54, 1.807) is 11.3 Å². The molecule has 0 radical (unpaired) electrons. The molecule has 2 nitrogen and oxygen atoms in total. The summed E-state index contributed by atoms with van der Waals surface area (Å²) >= 11 is 4.96. The fraction of sp³-hybridized carbons (Fsp3) is 0.375. The lowest BCUT2D eigenvalue weighted by molar-refractivity contribution is -0.137. The Kier molecular flexibility index (Phi) is 3.29. The molecule has 1 aromatic heterocycles. The van der Waals surface area contributed by atoms with Gasteiger partial charge in [-0.15, -0.1) is 11.3 Å². The lowest BCUT2D eigenvalue weighted by Gasteiger charge is -2.05. The summed E-state index contributed by atoms with van der Waals surface area (Å²) in [5.74, 6) is -0.653. The van der Waals surface area contributed by atoms with Crippen molar-refractivity contribution in [1.82, 2.24) is 0 Å². The fourth-order valence-corrected chi connectivity index (χ4v) is 2.84. The third-order valence-corrected chi connectivity index (χ3v) is 3.68. The SMILES string of the molecule is CC(CC(=O)O)c1sccc1Br. The number of carboxylic acid groups (broad SMARTS) is 1. The van der Waals surface area contributed by atoms with Crippen LogP contribution in [-0.4, -0.2) is 11.1 Å². The summed E-state index contributed by atoms with van der Waals surface area (Å²) < 4.78 is 1.02. The van der Waals surface area contributed by atoms with Gasteiger partial charge in [-0.3, -0.25) is 4.79 Å². The molecule has 1 rings (SSSR count). The highest BCUT2D eigenvalue weighted by Gasteiger charge is 2.13. The van der Waals surface area contributed by atoms with Crippen molar-refractivity contribution in [1.29, 1.82) is 0 Å². The van der Waals surface area contributed by atoms with E-state index < -0.39 is 5.97 Å². The van der Waals surface area contributed by atoms with Gasteiger partial charge in [0, 0.05) is 15.3 Å². The van der Waals surface area contributed by atoms with Crippen molar-refractivity contribution in [2.24, 2.45) is 0 Å². The van der Waals surface area contributed by atoms with Crippen molar-refractivity contribution >= 4 is 33.2 Å². The first kappa shape index (κ1) is 9.74. The smallest absolute Gasteiger partial charge is 0.303 e. The molecule has 1 atom stereocenters. The van der Waals surface area contributed by atoms with Crippen molar-refractivity contribution < 1.29 is 9.90 Å². The second kappa shape index (κ2) is 4.05. The number of carboxylic acids is 1. The summed E-state index contributed by atoms with van der Waals surface area (Å²) in [6.07, 6.45) is 0.194. The number of hydrogen-bond donors (Lipinski definition) is 1.